The monoisotopic (exact) mass is 289 g/mol. The molecule has 0 fully saturated rings. The lowest BCUT2D eigenvalue weighted by molar-refractivity contribution is 0.0499. The number of benzene rings is 1. The number of Topliss-reactive ketones (excluding diaryl/α,β-unsaturated/α-hetero) is 1. The van der Waals surface area contributed by atoms with Crippen molar-refractivity contribution in [3.63, 3.8) is 0 Å². The van der Waals surface area contributed by atoms with E-state index in [1.807, 2.05) is 13.8 Å². The Morgan fingerprint density at radius 2 is 2.10 bits per heavy atom. The summed E-state index contributed by atoms with van der Waals surface area (Å²) >= 11 is 0. The van der Waals surface area contributed by atoms with Crippen LogP contribution in [0.25, 0.3) is 0 Å². The molecule has 1 unspecified atom stereocenters. The summed E-state index contributed by atoms with van der Waals surface area (Å²) in [6.45, 7) is 3.92. The molecule has 1 aliphatic rings. The van der Waals surface area contributed by atoms with Gasteiger partial charge in [-0.1, -0.05) is 6.92 Å². The molecule has 1 aromatic carbocycles. The van der Waals surface area contributed by atoms with Crippen LogP contribution in [0, 0.1) is 0 Å². The number of guanidine groups is 2. The van der Waals surface area contributed by atoms with E-state index >= 15 is 0 Å². The van der Waals surface area contributed by atoms with E-state index in [1.54, 1.807) is 18.2 Å². The minimum Gasteiger partial charge on any atom is -0.486 e. The Morgan fingerprint density at radius 1 is 1.38 bits per heavy atom. The lowest BCUT2D eigenvalue weighted by atomic mass is 9.89. The van der Waals surface area contributed by atoms with E-state index in [9.17, 15) is 4.79 Å². The molecule has 2 rings (SSSR count). The molecule has 0 amide bonds. The van der Waals surface area contributed by atoms with E-state index in [1.165, 1.54) is 0 Å². The summed E-state index contributed by atoms with van der Waals surface area (Å²) in [6, 6.07) is 5.03. The van der Waals surface area contributed by atoms with E-state index in [0.717, 1.165) is 6.42 Å². The fourth-order valence-electron chi connectivity index (χ4n) is 2.12. The van der Waals surface area contributed by atoms with Gasteiger partial charge >= 0.3 is 0 Å². The number of nitrogens with two attached hydrogens (primary N) is 3. The van der Waals surface area contributed by atoms with E-state index < -0.39 is 5.60 Å². The molecule has 0 aliphatic carbocycles. The number of carbonyl (C=O) groups excluding carboxylic acids is 1. The van der Waals surface area contributed by atoms with Crippen molar-refractivity contribution in [2.45, 2.75) is 32.3 Å². The number of nitrogens with zero attached hydrogens (tertiary/aromatic N) is 2. The molecule has 7 heteroatoms. The van der Waals surface area contributed by atoms with Gasteiger partial charge in [-0.15, -0.1) is 0 Å². The first-order chi connectivity index (χ1) is 9.83. The highest BCUT2D eigenvalue weighted by atomic mass is 16.5. The van der Waals surface area contributed by atoms with Crippen molar-refractivity contribution >= 4 is 23.4 Å². The van der Waals surface area contributed by atoms with Gasteiger partial charge in [0.15, 0.2) is 11.7 Å². The Morgan fingerprint density at radius 3 is 2.71 bits per heavy atom. The van der Waals surface area contributed by atoms with Crippen LogP contribution in [-0.2, 0) is 0 Å². The topological polar surface area (TPSA) is 129 Å². The minimum absolute atomic E-state index is 0.0260. The van der Waals surface area contributed by atoms with Gasteiger partial charge in [0.2, 0.25) is 5.96 Å². The van der Waals surface area contributed by atoms with Gasteiger partial charge < -0.3 is 21.9 Å². The molecule has 0 bridgehead atoms. The van der Waals surface area contributed by atoms with Crippen LogP contribution in [0.5, 0.6) is 5.75 Å². The van der Waals surface area contributed by atoms with Crippen LogP contribution in [0.4, 0.5) is 5.69 Å². The van der Waals surface area contributed by atoms with Gasteiger partial charge in [-0.3, -0.25) is 4.79 Å². The van der Waals surface area contributed by atoms with Crippen LogP contribution < -0.4 is 21.9 Å². The Balaban J connectivity index is 2.35. The molecule has 1 aromatic rings. The van der Waals surface area contributed by atoms with Crippen molar-refractivity contribution in [2.24, 2.45) is 27.2 Å². The second-order valence-electron chi connectivity index (χ2n) is 5.19. The second-order valence-corrected chi connectivity index (χ2v) is 5.19. The maximum absolute atomic E-state index is 12.2. The van der Waals surface area contributed by atoms with Gasteiger partial charge in [0.25, 0.3) is 0 Å². The van der Waals surface area contributed by atoms with Gasteiger partial charge in [0.1, 0.15) is 11.4 Å². The summed E-state index contributed by atoms with van der Waals surface area (Å²) in [5.41, 5.74) is 16.5. The van der Waals surface area contributed by atoms with Gasteiger partial charge in [0, 0.05) is 0 Å². The lowest BCUT2D eigenvalue weighted by Crippen LogP contribution is -2.38. The molecule has 1 aliphatic heterocycles. The first kappa shape index (κ1) is 14.8. The second kappa shape index (κ2) is 5.43. The van der Waals surface area contributed by atoms with Crippen molar-refractivity contribution in [3.05, 3.63) is 23.8 Å². The van der Waals surface area contributed by atoms with Crippen molar-refractivity contribution in [1.82, 2.24) is 0 Å². The third kappa shape index (κ3) is 3.31. The molecule has 112 valence electrons. The highest BCUT2D eigenvalue weighted by molar-refractivity contribution is 6.01. The Labute approximate surface area is 122 Å². The average molecular weight is 289 g/mol. The third-order valence-electron chi connectivity index (χ3n) is 3.39. The fraction of sp³-hybridized carbons (Fsp3) is 0.357. The van der Waals surface area contributed by atoms with E-state index in [0.29, 0.717) is 23.4 Å². The van der Waals surface area contributed by atoms with Crippen LogP contribution in [0.2, 0.25) is 0 Å². The minimum atomic E-state index is -0.452. The maximum Gasteiger partial charge on any atom is 0.223 e. The quantitative estimate of drug-likeness (QED) is 0.553. The number of aliphatic imine (C=N–C) groups is 2. The molecule has 1 heterocycles. The van der Waals surface area contributed by atoms with Crippen LogP contribution in [0.1, 0.15) is 37.0 Å². The van der Waals surface area contributed by atoms with Crippen LogP contribution in [0.3, 0.4) is 0 Å². The van der Waals surface area contributed by atoms with Crippen molar-refractivity contribution in [2.75, 3.05) is 0 Å². The molecule has 0 saturated heterocycles. The maximum atomic E-state index is 12.2. The van der Waals surface area contributed by atoms with Crippen LogP contribution in [-0.4, -0.2) is 23.3 Å². The third-order valence-corrected chi connectivity index (χ3v) is 3.39. The highest BCUT2D eigenvalue weighted by Gasteiger charge is 2.35. The Kier molecular flexibility index (Phi) is 3.84. The molecule has 0 spiro atoms. The van der Waals surface area contributed by atoms with E-state index in [-0.39, 0.29) is 17.7 Å². The van der Waals surface area contributed by atoms with Crippen molar-refractivity contribution in [3.8, 4) is 5.75 Å². The normalized spacial score (nSPS) is 21.4. The summed E-state index contributed by atoms with van der Waals surface area (Å²) in [5.74, 6) is 0.345. The van der Waals surface area contributed by atoms with Gasteiger partial charge in [-0.05, 0) is 31.5 Å². The largest absolute Gasteiger partial charge is 0.486 e. The molecule has 0 aromatic heterocycles. The smallest absolute Gasteiger partial charge is 0.223 e. The first-order valence-corrected chi connectivity index (χ1v) is 6.63. The van der Waals surface area contributed by atoms with Gasteiger partial charge in [-0.25, -0.2) is 4.99 Å². The Hall–Kier alpha value is -2.57. The number of ether oxygens (including phenoxy) is 1. The number of hydrogen-bond donors (Lipinski definition) is 3. The standard InChI is InChI=1S/C14H19N5O2/c1-3-14(2)7-10(20)9-6-8(4-5-11(9)21-14)18-13(17)19-12(15)16/h4-6H,3,7H2,1-2H3,(H6,15,16,17,18,19). The SMILES string of the molecule is CCC1(C)CC(=O)c2cc(N=C(N)N=C(N)N)ccc2O1. The number of rotatable bonds is 2. The zero-order valence-corrected chi connectivity index (χ0v) is 12.1. The zero-order chi connectivity index (χ0) is 15.6. The average Bonchev–Trinajstić information content (AvgIpc) is 2.38. The first-order valence-electron chi connectivity index (χ1n) is 6.63. The highest BCUT2D eigenvalue weighted by Crippen LogP contribution is 2.36. The van der Waals surface area contributed by atoms with Gasteiger partial charge in [0.05, 0.1) is 17.7 Å². The fourth-order valence-corrected chi connectivity index (χ4v) is 2.12. The summed E-state index contributed by atoms with van der Waals surface area (Å²) in [7, 11) is 0. The molecule has 6 N–H and O–H groups in total. The predicted molar refractivity (Wildman–Crippen MR) is 81.8 cm³/mol. The number of hydrogen-bond acceptors (Lipinski definition) is 3. The molecule has 0 radical (unpaired) electrons. The molecule has 21 heavy (non-hydrogen) atoms. The van der Waals surface area contributed by atoms with Crippen molar-refractivity contribution in [1.29, 1.82) is 0 Å². The number of ketones is 1. The summed E-state index contributed by atoms with van der Waals surface area (Å²) in [4.78, 5) is 19.9. The number of carbonyl (C=O) groups is 1. The van der Waals surface area contributed by atoms with Crippen LogP contribution >= 0.6 is 0 Å². The lowest BCUT2D eigenvalue weighted by Gasteiger charge is -2.34. The molecule has 1 atom stereocenters. The zero-order valence-electron chi connectivity index (χ0n) is 12.1. The summed E-state index contributed by atoms with van der Waals surface area (Å²) in [5, 5.41) is 0. The molecule has 0 saturated carbocycles. The molecule has 7 nitrogen and oxygen atoms in total. The predicted octanol–water partition coefficient (Wildman–Crippen LogP) is 1.04. The van der Waals surface area contributed by atoms with Gasteiger partial charge in [-0.2, -0.15) is 4.99 Å². The van der Waals surface area contributed by atoms with Crippen LogP contribution in [0.15, 0.2) is 28.2 Å². The van der Waals surface area contributed by atoms with E-state index in [2.05, 4.69) is 9.98 Å². The number of fused-ring (bicyclic) bond motifs is 1. The Bertz CT molecular complexity index is 634. The van der Waals surface area contributed by atoms with E-state index in [4.69, 9.17) is 21.9 Å². The molecular weight excluding hydrogens is 270 g/mol. The summed E-state index contributed by atoms with van der Waals surface area (Å²) < 4.78 is 5.90. The van der Waals surface area contributed by atoms with Crippen molar-refractivity contribution < 1.29 is 9.53 Å². The summed E-state index contributed by atoms with van der Waals surface area (Å²) in [6.07, 6.45) is 1.10. The molecular formula is C14H19N5O2.